The van der Waals surface area contributed by atoms with Crippen molar-refractivity contribution in [3.05, 3.63) is 65.2 Å². The fourth-order valence-corrected chi connectivity index (χ4v) is 2.67. The van der Waals surface area contributed by atoms with Gasteiger partial charge in [0.05, 0.1) is 0 Å². The summed E-state index contributed by atoms with van der Waals surface area (Å²) < 4.78 is 5.55. The van der Waals surface area contributed by atoms with Crippen molar-refractivity contribution in [2.24, 2.45) is 0 Å². The predicted molar refractivity (Wildman–Crippen MR) is 102 cm³/mol. The van der Waals surface area contributed by atoms with Crippen molar-refractivity contribution in [2.45, 2.75) is 33.9 Å². The van der Waals surface area contributed by atoms with Crippen LogP contribution in [0, 0.1) is 6.92 Å². The van der Waals surface area contributed by atoms with Gasteiger partial charge in [0.2, 0.25) is 0 Å². The van der Waals surface area contributed by atoms with Crippen LogP contribution < -0.4 is 10.1 Å². The number of nitrogens with one attached hydrogen (secondary N) is 1. The maximum Gasteiger partial charge on any atom is 0.258 e. The molecule has 0 saturated carbocycles. The molecule has 2 aromatic carbocycles. The van der Waals surface area contributed by atoms with Crippen LogP contribution in [-0.4, -0.2) is 30.5 Å². The summed E-state index contributed by atoms with van der Waals surface area (Å²) in [6.45, 7) is 9.81. The second kappa shape index (κ2) is 9.84. The molecule has 0 aliphatic heterocycles. The van der Waals surface area contributed by atoms with Gasteiger partial charge in [-0.15, -0.1) is 0 Å². The Balaban J connectivity index is 1.87. The molecule has 0 atom stereocenters. The molecule has 2 aromatic rings. The number of rotatable bonds is 9. The fourth-order valence-electron chi connectivity index (χ4n) is 2.67. The molecular weight excluding hydrogens is 312 g/mol. The van der Waals surface area contributed by atoms with Crippen molar-refractivity contribution < 1.29 is 9.53 Å². The van der Waals surface area contributed by atoms with E-state index in [-0.39, 0.29) is 12.5 Å². The van der Waals surface area contributed by atoms with Gasteiger partial charge in [0.15, 0.2) is 6.61 Å². The molecule has 0 unspecified atom stereocenters. The van der Waals surface area contributed by atoms with Crippen LogP contribution in [-0.2, 0) is 17.9 Å². The van der Waals surface area contributed by atoms with Crippen molar-refractivity contribution in [2.75, 3.05) is 19.7 Å². The first kappa shape index (κ1) is 19.0. The average Bonchev–Trinajstić information content (AvgIpc) is 2.63. The number of carbonyl (C=O) groups excluding carboxylic acids is 1. The van der Waals surface area contributed by atoms with Crippen LogP contribution in [0.3, 0.4) is 0 Å². The molecule has 2 rings (SSSR count). The van der Waals surface area contributed by atoms with Gasteiger partial charge in [0.25, 0.3) is 5.91 Å². The van der Waals surface area contributed by atoms with Crippen LogP contribution in [0.5, 0.6) is 5.75 Å². The van der Waals surface area contributed by atoms with Crippen molar-refractivity contribution in [1.29, 1.82) is 0 Å². The number of carbonyl (C=O) groups is 1. The highest BCUT2D eigenvalue weighted by Crippen LogP contribution is 2.13. The summed E-state index contributed by atoms with van der Waals surface area (Å²) >= 11 is 0. The van der Waals surface area contributed by atoms with Gasteiger partial charge in [-0.25, -0.2) is 0 Å². The van der Waals surface area contributed by atoms with Gasteiger partial charge in [-0.05, 0) is 48.8 Å². The Labute approximate surface area is 150 Å². The van der Waals surface area contributed by atoms with Gasteiger partial charge in [-0.2, -0.15) is 0 Å². The van der Waals surface area contributed by atoms with Crippen molar-refractivity contribution >= 4 is 5.91 Å². The smallest absolute Gasteiger partial charge is 0.258 e. The number of hydrogen-bond donors (Lipinski definition) is 1. The summed E-state index contributed by atoms with van der Waals surface area (Å²) in [7, 11) is 0. The topological polar surface area (TPSA) is 41.6 Å². The molecule has 1 amide bonds. The minimum atomic E-state index is -0.112. The third-order valence-corrected chi connectivity index (χ3v) is 4.24. The van der Waals surface area contributed by atoms with Crippen LogP contribution in [0.15, 0.2) is 48.5 Å². The quantitative estimate of drug-likeness (QED) is 0.759. The van der Waals surface area contributed by atoms with E-state index in [1.807, 2.05) is 43.3 Å². The summed E-state index contributed by atoms with van der Waals surface area (Å²) in [5.41, 5.74) is 3.52. The summed E-state index contributed by atoms with van der Waals surface area (Å²) in [4.78, 5) is 14.4. The Hall–Kier alpha value is -2.33. The molecule has 0 aromatic heterocycles. The Morgan fingerprint density at radius 2 is 1.76 bits per heavy atom. The highest BCUT2D eigenvalue weighted by molar-refractivity contribution is 5.77. The molecule has 0 bridgehead atoms. The monoisotopic (exact) mass is 340 g/mol. The molecule has 0 aliphatic carbocycles. The number of nitrogens with zero attached hydrogens (tertiary/aromatic N) is 1. The lowest BCUT2D eigenvalue weighted by Crippen LogP contribution is -2.29. The Morgan fingerprint density at radius 3 is 2.44 bits per heavy atom. The molecule has 1 N–H and O–H groups in total. The minimum Gasteiger partial charge on any atom is -0.484 e. The molecule has 134 valence electrons. The van der Waals surface area contributed by atoms with Gasteiger partial charge >= 0.3 is 0 Å². The number of aryl methyl sites for hydroxylation is 1. The van der Waals surface area contributed by atoms with Gasteiger partial charge in [0.1, 0.15) is 5.75 Å². The maximum atomic E-state index is 12.1. The van der Waals surface area contributed by atoms with E-state index in [1.165, 1.54) is 5.56 Å². The van der Waals surface area contributed by atoms with E-state index < -0.39 is 0 Å². The van der Waals surface area contributed by atoms with Gasteiger partial charge in [-0.3, -0.25) is 9.69 Å². The lowest BCUT2D eigenvalue weighted by molar-refractivity contribution is -0.123. The molecule has 25 heavy (non-hydrogen) atoms. The molecule has 4 heteroatoms. The predicted octanol–water partition coefficient (Wildman–Crippen LogP) is 3.53. The highest BCUT2D eigenvalue weighted by atomic mass is 16.5. The highest BCUT2D eigenvalue weighted by Gasteiger charge is 2.08. The molecule has 0 saturated heterocycles. The van der Waals surface area contributed by atoms with E-state index >= 15 is 0 Å². The third kappa shape index (κ3) is 6.24. The summed E-state index contributed by atoms with van der Waals surface area (Å²) in [6, 6.07) is 16.0. The second-order valence-electron chi connectivity index (χ2n) is 6.11. The summed E-state index contributed by atoms with van der Waals surface area (Å²) in [5, 5.41) is 2.95. The van der Waals surface area contributed by atoms with E-state index in [4.69, 9.17) is 4.74 Å². The third-order valence-electron chi connectivity index (χ3n) is 4.24. The summed E-state index contributed by atoms with van der Waals surface area (Å²) in [5.74, 6) is 0.608. The van der Waals surface area contributed by atoms with Gasteiger partial charge in [-0.1, -0.05) is 50.2 Å². The number of ether oxygens (including phenoxy) is 1. The van der Waals surface area contributed by atoms with Crippen LogP contribution in [0.1, 0.15) is 30.5 Å². The molecule has 0 aliphatic rings. The number of amides is 1. The van der Waals surface area contributed by atoms with Gasteiger partial charge in [0, 0.05) is 13.1 Å². The number of benzene rings is 2. The molecule has 0 spiro atoms. The zero-order chi connectivity index (χ0) is 18.1. The largest absolute Gasteiger partial charge is 0.484 e. The molecule has 0 heterocycles. The van der Waals surface area contributed by atoms with Crippen molar-refractivity contribution in [1.82, 2.24) is 10.2 Å². The van der Waals surface area contributed by atoms with Crippen LogP contribution in [0.4, 0.5) is 0 Å². The van der Waals surface area contributed by atoms with Crippen LogP contribution in [0.2, 0.25) is 0 Å². The van der Waals surface area contributed by atoms with E-state index in [1.54, 1.807) is 0 Å². The van der Waals surface area contributed by atoms with Crippen LogP contribution >= 0.6 is 0 Å². The first-order chi connectivity index (χ1) is 12.1. The van der Waals surface area contributed by atoms with E-state index in [0.717, 1.165) is 36.5 Å². The first-order valence-electron chi connectivity index (χ1n) is 8.87. The molecular formula is C21H28N2O2. The zero-order valence-electron chi connectivity index (χ0n) is 15.4. The van der Waals surface area contributed by atoms with E-state index in [9.17, 15) is 4.79 Å². The lowest BCUT2D eigenvalue weighted by Gasteiger charge is -2.20. The van der Waals surface area contributed by atoms with Crippen molar-refractivity contribution in [3.8, 4) is 5.75 Å². The molecule has 0 fully saturated rings. The fraction of sp³-hybridized carbons (Fsp3) is 0.381. The minimum absolute atomic E-state index is 0.0294. The first-order valence-corrected chi connectivity index (χ1v) is 8.87. The Bertz CT molecular complexity index is 681. The summed E-state index contributed by atoms with van der Waals surface area (Å²) in [6.07, 6.45) is 0. The normalized spacial score (nSPS) is 10.7. The Morgan fingerprint density at radius 1 is 1.04 bits per heavy atom. The SMILES string of the molecule is CCN(CC)Cc1ccccc1CNC(=O)COc1cccc(C)c1. The lowest BCUT2D eigenvalue weighted by atomic mass is 10.1. The van der Waals surface area contributed by atoms with Gasteiger partial charge < -0.3 is 10.1 Å². The Kier molecular flexibility index (Phi) is 7.48. The molecule has 0 radical (unpaired) electrons. The standard InChI is InChI=1S/C21H28N2O2/c1-4-23(5-2)15-19-11-7-6-10-18(19)14-22-21(24)16-25-20-12-8-9-17(3)13-20/h6-13H,4-5,14-16H2,1-3H3,(H,22,24). The van der Waals surface area contributed by atoms with Crippen LogP contribution in [0.25, 0.3) is 0 Å². The van der Waals surface area contributed by atoms with E-state index in [0.29, 0.717) is 6.54 Å². The number of hydrogen-bond acceptors (Lipinski definition) is 3. The maximum absolute atomic E-state index is 12.1. The molecule has 4 nitrogen and oxygen atoms in total. The van der Waals surface area contributed by atoms with Crippen molar-refractivity contribution in [3.63, 3.8) is 0 Å². The average molecular weight is 340 g/mol. The second-order valence-corrected chi connectivity index (χ2v) is 6.11. The zero-order valence-corrected chi connectivity index (χ0v) is 15.4. The van der Waals surface area contributed by atoms with E-state index in [2.05, 4.69) is 36.2 Å².